The molecule has 8 heteroatoms. The Balaban J connectivity index is 2.45. The molecule has 94 valence electrons. The van der Waals surface area contributed by atoms with Crippen molar-refractivity contribution < 1.29 is 9.45 Å². The number of rotatable bonds is 4. The van der Waals surface area contributed by atoms with Crippen molar-refractivity contribution in [1.82, 2.24) is 10.1 Å². The lowest BCUT2D eigenvalue weighted by atomic mass is 10.2. The van der Waals surface area contributed by atoms with Gasteiger partial charge in [0.1, 0.15) is 5.56 Å². The van der Waals surface area contributed by atoms with E-state index in [1.54, 1.807) is 0 Å². The SMILES string of the molecule is NCCc1noc(-c2ccc(Cl)cc2[N+](=O)[O-])n1. The lowest BCUT2D eigenvalue weighted by molar-refractivity contribution is -0.384. The Morgan fingerprint density at radius 3 is 2.94 bits per heavy atom. The highest BCUT2D eigenvalue weighted by Crippen LogP contribution is 2.31. The van der Waals surface area contributed by atoms with Crippen LogP contribution in [0, 0.1) is 10.1 Å². The van der Waals surface area contributed by atoms with E-state index in [4.69, 9.17) is 21.9 Å². The fourth-order valence-electron chi connectivity index (χ4n) is 1.43. The van der Waals surface area contributed by atoms with Gasteiger partial charge in [0.25, 0.3) is 11.6 Å². The minimum atomic E-state index is -0.548. The van der Waals surface area contributed by atoms with E-state index >= 15 is 0 Å². The number of nitrogens with zero attached hydrogens (tertiary/aromatic N) is 3. The van der Waals surface area contributed by atoms with Crippen molar-refractivity contribution in [3.8, 4) is 11.5 Å². The smallest absolute Gasteiger partial charge is 0.283 e. The summed E-state index contributed by atoms with van der Waals surface area (Å²) in [7, 11) is 0. The second-order valence-electron chi connectivity index (χ2n) is 3.47. The average Bonchev–Trinajstić information content (AvgIpc) is 2.78. The maximum atomic E-state index is 10.9. The summed E-state index contributed by atoms with van der Waals surface area (Å²) >= 11 is 5.72. The molecule has 0 fully saturated rings. The number of hydrogen-bond acceptors (Lipinski definition) is 6. The third-order valence-corrected chi connectivity index (χ3v) is 2.46. The minimum absolute atomic E-state index is 0.0850. The summed E-state index contributed by atoms with van der Waals surface area (Å²) in [5.41, 5.74) is 5.42. The minimum Gasteiger partial charge on any atom is -0.334 e. The molecule has 1 aromatic carbocycles. The Kier molecular flexibility index (Phi) is 3.54. The van der Waals surface area contributed by atoms with Crippen molar-refractivity contribution in [2.24, 2.45) is 5.73 Å². The van der Waals surface area contributed by atoms with Crippen LogP contribution < -0.4 is 5.73 Å². The van der Waals surface area contributed by atoms with Crippen molar-refractivity contribution >= 4 is 17.3 Å². The number of hydrogen-bond donors (Lipinski definition) is 1. The van der Waals surface area contributed by atoms with Crippen LogP contribution in [-0.4, -0.2) is 21.6 Å². The molecular weight excluding hydrogens is 260 g/mol. The number of nitro groups is 1. The van der Waals surface area contributed by atoms with Crippen molar-refractivity contribution in [1.29, 1.82) is 0 Å². The molecule has 0 saturated carbocycles. The predicted molar refractivity (Wildman–Crippen MR) is 64.2 cm³/mol. The summed E-state index contributed by atoms with van der Waals surface area (Å²) in [4.78, 5) is 14.4. The molecule has 0 amide bonds. The first-order chi connectivity index (χ1) is 8.61. The molecule has 0 radical (unpaired) electrons. The zero-order chi connectivity index (χ0) is 13.1. The van der Waals surface area contributed by atoms with E-state index in [0.29, 0.717) is 18.8 Å². The second kappa shape index (κ2) is 5.11. The molecule has 0 atom stereocenters. The molecule has 1 heterocycles. The highest BCUT2D eigenvalue weighted by Gasteiger charge is 2.20. The molecule has 0 aliphatic rings. The van der Waals surface area contributed by atoms with Gasteiger partial charge in [-0.15, -0.1) is 0 Å². The van der Waals surface area contributed by atoms with Gasteiger partial charge in [-0.05, 0) is 18.7 Å². The average molecular weight is 269 g/mol. The third kappa shape index (κ3) is 2.47. The normalized spacial score (nSPS) is 10.6. The van der Waals surface area contributed by atoms with Crippen LogP contribution >= 0.6 is 11.6 Å². The first kappa shape index (κ1) is 12.5. The first-order valence-electron chi connectivity index (χ1n) is 5.09. The van der Waals surface area contributed by atoms with E-state index in [2.05, 4.69) is 10.1 Å². The summed E-state index contributed by atoms with van der Waals surface area (Å²) in [6.07, 6.45) is 0.449. The van der Waals surface area contributed by atoms with Gasteiger partial charge in [-0.2, -0.15) is 4.98 Å². The summed E-state index contributed by atoms with van der Waals surface area (Å²) in [5.74, 6) is 0.499. The Hall–Kier alpha value is -1.99. The fourth-order valence-corrected chi connectivity index (χ4v) is 1.60. The Morgan fingerprint density at radius 2 is 2.28 bits per heavy atom. The highest BCUT2D eigenvalue weighted by molar-refractivity contribution is 6.30. The maximum absolute atomic E-state index is 10.9. The van der Waals surface area contributed by atoms with E-state index in [-0.39, 0.29) is 22.2 Å². The largest absolute Gasteiger partial charge is 0.334 e. The van der Waals surface area contributed by atoms with Gasteiger partial charge in [-0.1, -0.05) is 16.8 Å². The van der Waals surface area contributed by atoms with Gasteiger partial charge in [0, 0.05) is 17.5 Å². The van der Waals surface area contributed by atoms with Gasteiger partial charge < -0.3 is 10.3 Å². The molecule has 0 spiro atoms. The van der Waals surface area contributed by atoms with E-state index in [9.17, 15) is 10.1 Å². The Morgan fingerprint density at radius 1 is 1.50 bits per heavy atom. The molecule has 0 aliphatic carbocycles. The van der Waals surface area contributed by atoms with Crippen molar-refractivity contribution in [3.05, 3.63) is 39.2 Å². The monoisotopic (exact) mass is 268 g/mol. The molecule has 18 heavy (non-hydrogen) atoms. The van der Waals surface area contributed by atoms with Crippen molar-refractivity contribution in [2.45, 2.75) is 6.42 Å². The van der Waals surface area contributed by atoms with Gasteiger partial charge in [0.2, 0.25) is 0 Å². The van der Waals surface area contributed by atoms with Crippen LogP contribution in [0.4, 0.5) is 5.69 Å². The Labute approximate surface area is 107 Å². The number of benzene rings is 1. The van der Waals surface area contributed by atoms with Crippen LogP contribution in [0.2, 0.25) is 5.02 Å². The van der Waals surface area contributed by atoms with Gasteiger partial charge in [0.15, 0.2) is 5.82 Å². The molecule has 0 bridgehead atoms. The van der Waals surface area contributed by atoms with Gasteiger partial charge in [0.05, 0.1) is 4.92 Å². The van der Waals surface area contributed by atoms with Crippen LogP contribution in [0.3, 0.4) is 0 Å². The van der Waals surface area contributed by atoms with E-state index in [0.717, 1.165) is 0 Å². The Bertz CT molecular complexity index is 584. The number of nitro benzene ring substituents is 1. The summed E-state index contributed by atoms with van der Waals surface area (Å²) in [6.45, 7) is 0.377. The quantitative estimate of drug-likeness (QED) is 0.669. The molecule has 7 nitrogen and oxygen atoms in total. The molecule has 2 rings (SSSR count). The molecule has 1 aromatic heterocycles. The molecule has 2 aromatic rings. The summed E-state index contributed by atoms with van der Waals surface area (Å²) in [5, 5.41) is 14.9. The number of halogens is 1. The van der Waals surface area contributed by atoms with Crippen LogP contribution in [-0.2, 0) is 6.42 Å². The molecular formula is C10H9ClN4O3. The lowest BCUT2D eigenvalue weighted by Gasteiger charge is -1.97. The second-order valence-corrected chi connectivity index (χ2v) is 3.91. The number of nitrogens with two attached hydrogens (primary N) is 1. The topological polar surface area (TPSA) is 108 Å². The van der Waals surface area contributed by atoms with E-state index in [1.165, 1.54) is 18.2 Å². The van der Waals surface area contributed by atoms with Gasteiger partial charge in [-0.25, -0.2) is 0 Å². The predicted octanol–water partition coefficient (Wildman–Crippen LogP) is 1.80. The summed E-state index contributed by atoms with van der Waals surface area (Å²) in [6, 6.07) is 4.24. The summed E-state index contributed by atoms with van der Waals surface area (Å²) < 4.78 is 4.97. The van der Waals surface area contributed by atoms with E-state index < -0.39 is 4.92 Å². The molecule has 2 N–H and O–H groups in total. The van der Waals surface area contributed by atoms with Gasteiger partial charge in [-0.3, -0.25) is 10.1 Å². The van der Waals surface area contributed by atoms with Gasteiger partial charge >= 0.3 is 0 Å². The van der Waals surface area contributed by atoms with E-state index in [1.807, 2.05) is 0 Å². The standard InChI is InChI=1S/C10H9ClN4O3/c11-6-1-2-7(8(5-6)15(16)17)10-13-9(3-4-12)14-18-10/h1-2,5H,3-4,12H2. The zero-order valence-electron chi connectivity index (χ0n) is 9.17. The number of aromatic nitrogens is 2. The van der Waals surface area contributed by atoms with Crippen molar-refractivity contribution in [3.63, 3.8) is 0 Å². The van der Waals surface area contributed by atoms with Crippen LogP contribution in [0.1, 0.15) is 5.82 Å². The molecule has 0 saturated heterocycles. The fraction of sp³-hybridized carbons (Fsp3) is 0.200. The maximum Gasteiger partial charge on any atom is 0.283 e. The zero-order valence-corrected chi connectivity index (χ0v) is 9.92. The third-order valence-electron chi connectivity index (χ3n) is 2.22. The van der Waals surface area contributed by atoms with Crippen LogP contribution in [0.15, 0.2) is 22.7 Å². The van der Waals surface area contributed by atoms with Crippen LogP contribution in [0.5, 0.6) is 0 Å². The molecule has 0 unspecified atom stereocenters. The first-order valence-corrected chi connectivity index (χ1v) is 5.46. The van der Waals surface area contributed by atoms with Crippen LogP contribution in [0.25, 0.3) is 11.5 Å². The molecule has 0 aliphatic heterocycles. The van der Waals surface area contributed by atoms with Crippen molar-refractivity contribution in [2.75, 3.05) is 6.54 Å². The lowest BCUT2D eigenvalue weighted by Crippen LogP contribution is -2.03. The highest BCUT2D eigenvalue weighted by atomic mass is 35.5.